The van der Waals surface area contributed by atoms with Gasteiger partial charge in [0.25, 0.3) is 5.91 Å². The van der Waals surface area contributed by atoms with Crippen LogP contribution in [0.4, 0.5) is 4.39 Å². The van der Waals surface area contributed by atoms with Gasteiger partial charge in [-0.25, -0.2) is 9.82 Å². The van der Waals surface area contributed by atoms with Gasteiger partial charge in [0.05, 0.1) is 6.21 Å². The molecule has 132 valence electrons. The van der Waals surface area contributed by atoms with Crippen LogP contribution in [-0.4, -0.2) is 16.7 Å². The summed E-state index contributed by atoms with van der Waals surface area (Å²) in [6.07, 6.45) is 1.59. The number of halogens is 2. The number of rotatable bonds is 4. The Morgan fingerprint density at radius 1 is 1.15 bits per heavy atom. The van der Waals surface area contributed by atoms with Crippen LogP contribution in [0.1, 0.15) is 27.3 Å². The van der Waals surface area contributed by atoms with Crippen molar-refractivity contribution in [2.45, 2.75) is 13.8 Å². The lowest BCUT2D eigenvalue weighted by molar-refractivity contribution is 0.0955. The van der Waals surface area contributed by atoms with Gasteiger partial charge in [0.1, 0.15) is 5.82 Å². The Balaban J connectivity index is 1.78. The number of carbonyl (C=O) groups is 1. The second-order valence-corrected chi connectivity index (χ2v) is 6.28. The summed E-state index contributed by atoms with van der Waals surface area (Å²) in [6, 6.07) is 14.9. The van der Waals surface area contributed by atoms with Gasteiger partial charge < -0.3 is 4.57 Å². The Labute approximate surface area is 155 Å². The molecular weight excluding hydrogens is 353 g/mol. The van der Waals surface area contributed by atoms with Gasteiger partial charge in [0.2, 0.25) is 0 Å². The van der Waals surface area contributed by atoms with E-state index < -0.39 is 0 Å². The molecule has 1 aromatic heterocycles. The molecule has 0 fully saturated rings. The molecule has 3 aromatic rings. The molecule has 0 spiro atoms. The topological polar surface area (TPSA) is 46.4 Å². The normalized spacial score (nSPS) is 11.1. The smallest absolute Gasteiger partial charge is 0.271 e. The first kappa shape index (κ1) is 17.9. The molecule has 0 saturated heterocycles. The number of hydrogen-bond acceptors (Lipinski definition) is 2. The Hall–Kier alpha value is -2.92. The van der Waals surface area contributed by atoms with Crippen molar-refractivity contribution in [3.8, 4) is 5.69 Å². The van der Waals surface area contributed by atoms with Crippen LogP contribution in [0.15, 0.2) is 59.7 Å². The van der Waals surface area contributed by atoms with Gasteiger partial charge >= 0.3 is 0 Å². The summed E-state index contributed by atoms with van der Waals surface area (Å²) >= 11 is 5.88. The molecule has 0 atom stereocenters. The third-order valence-corrected chi connectivity index (χ3v) is 4.25. The Morgan fingerprint density at radius 2 is 1.88 bits per heavy atom. The fourth-order valence-electron chi connectivity index (χ4n) is 2.76. The van der Waals surface area contributed by atoms with Crippen LogP contribution in [0.3, 0.4) is 0 Å². The van der Waals surface area contributed by atoms with Gasteiger partial charge in [-0.2, -0.15) is 5.10 Å². The Kier molecular flexibility index (Phi) is 5.19. The molecular formula is C20H17ClFN3O. The SMILES string of the molecule is Cc1cc(/C=N\NC(=O)c2cccc(Cl)c2)c(C)n1-c1ccc(F)cc1. The van der Waals surface area contributed by atoms with Gasteiger partial charge in [-0.1, -0.05) is 17.7 Å². The van der Waals surface area contributed by atoms with E-state index in [9.17, 15) is 9.18 Å². The zero-order chi connectivity index (χ0) is 18.7. The molecule has 3 rings (SSSR count). The first-order valence-electron chi connectivity index (χ1n) is 7.99. The maximum atomic E-state index is 13.1. The van der Waals surface area contributed by atoms with E-state index in [1.165, 1.54) is 12.1 Å². The molecule has 0 bridgehead atoms. The van der Waals surface area contributed by atoms with Crippen molar-refractivity contribution < 1.29 is 9.18 Å². The summed E-state index contributed by atoms with van der Waals surface area (Å²) in [6.45, 7) is 3.90. The summed E-state index contributed by atoms with van der Waals surface area (Å²) < 4.78 is 15.1. The standard InChI is InChI=1S/C20H17ClFN3O/c1-13-10-16(14(2)25(13)19-8-6-18(22)7-9-19)12-23-24-20(26)15-4-3-5-17(21)11-15/h3-12H,1-2H3,(H,24,26)/b23-12-. The first-order valence-corrected chi connectivity index (χ1v) is 8.37. The minimum Gasteiger partial charge on any atom is -0.318 e. The van der Waals surface area contributed by atoms with Crippen LogP contribution >= 0.6 is 11.6 Å². The molecule has 1 N–H and O–H groups in total. The fourth-order valence-corrected chi connectivity index (χ4v) is 2.95. The van der Waals surface area contributed by atoms with Gasteiger partial charge in [0, 0.05) is 33.2 Å². The summed E-state index contributed by atoms with van der Waals surface area (Å²) in [5, 5.41) is 4.52. The van der Waals surface area contributed by atoms with Crippen molar-refractivity contribution >= 4 is 23.7 Å². The van der Waals surface area contributed by atoms with E-state index in [1.807, 2.05) is 24.5 Å². The summed E-state index contributed by atoms with van der Waals surface area (Å²) in [4.78, 5) is 12.1. The highest BCUT2D eigenvalue weighted by atomic mass is 35.5. The van der Waals surface area contributed by atoms with Crippen LogP contribution in [0.2, 0.25) is 5.02 Å². The second kappa shape index (κ2) is 7.54. The van der Waals surface area contributed by atoms with Crippen LogP contribution in [0.25, 0.3) is 5.69 Å². The number of hydrogen-bond donors (Lipinski definition) is 1. The number of hydrazone groups is 1. The van der Waals surface area contributed by atoms with Crippen LogP contribution < -0.4 is 5.43 Å². The third-order valence-electron chi connectivity index (χ3n) is 4.01. The highest BCUT2D eigenvalue weighted by Crippen LogP contribution is 2.20. The maximum Gasteiger partial charge on any atom is 0.271 e. The Morgan fingerprint density at radius 3 is 2.58 bits per heavy atom. The number of aryl methyl sites for hydroxylation is 1. The number of nitrogens with one attached hydrogen (secondary N) is 1. The molecule has 0 aliphatic carbocycles. The average molecular weight is 370 g/mol. The van der Waals surface area contributed by atoms with Crippen molar-refractivity contribution in [1.29, 1.82) is 0 Å². The minimum atomic E-state index is -0.337. The summed E-state index contributed by atoms with van der Waals surface area (Å²) in [5.74, 6) is -0.613. The molecule has 0 unspecified atom stereocenters. The molecule has 0 saturated carbocycles. The van der Waals surface area contributed by atoms with E-state index in [4.69, 9.17) is 11.6 Å². The number of carbonyl (C=O) groups excluding carboxylic acids is 1. The highest BCUT2D eigenvalue weighted by Gasteiger charge is 2.10. The van der Waals surface area contributed by atoms with Crippen molar-refractivity contribution in [2.75, 3.05) is 0 Å². The predicted molar refractivity (Wildman–Crippen MR) is 102 cm³/mol. The summed E-state index contributed by atoms with van der Waals surface area (Å²) in [7, 11) is 0. The largest absolute Gasteiger partial charge is 0.318 e. The molecule has 2 aromatic carbocycles. The van der Waals surface area contributed by atoms with E-state index in [1.54, 1.807) is 42.6 Å². The second-order valence-electron chi connectivity index (χ2n) is 5.85. The van der Waals surface area contributed by atoms with Gasteiger partial charge in [0.15, 0.2) is 0 Å². The molecule has 0 radical (unpaired) electrons. The van der Waals surface area contributed by atoms with Crippen LogP contribution in [-0.2, 0) is 0 Å². The lowest BCUT2D eigenvalue weighted by Crippen LogP contribution is -2.17. The summed E-state index contributed by atoms with van der Waals surface area (Å²) in [5.41, 5.74) is 6.57. The molecule has 0 aliphatic rings. The average Bonchev–Trinajstić information content (AvgIpc) is 2.89. The molecule has 0 aliphatic heterocycles. The molecule has 4 nitrogen and oxygen atoms in total. The van der Waals surface area contributed by atoms with E-state index in [2.05, 4.69) is 10.5 Å². The predicted octanol–water partition coefficient (Wildman–Crippen LogP) is 4.65. The number of benzene rings is 2. The lowest BCUT2D eigenvalue weighted by atomic mass is 10.2. The van der Waals surface area contributed by atoms with Crippen molar-refractivity contribution in [1.82, 2.24) is 9.99 Å². The van der Waals surface area contributed by atoms with Gasteiger partial charge in [-0.3, -0.25) is 4.79 Å². The zero-order valence-electron chi connectivity index (χ0n) is 14.3. The molecule has 6 heteroatoms. The quantitative estimate of drug-likeness (QED) is 0.528. The Bertz CT molecular complexity index is 977. The number of nitrogens with zero attached hydrogens (tertiary/aromatic N) is 2. The van der Waals surface area contributed by atoms with E-state index in [-0.39, 0.29) is 11.7 Å². The fraction of sp³-hybridized carbons (Fsp3) is 0.100. The molecule has 1 heterocycles. The maximum absolute atomic E-state index is 13.1. The van der Waals surface area contributed by atoms with Crippen LogP contribution in [0, 0.1) is 19.7 Å². The van der Waals surface area contributed by atoms with E-state index in [0.717, 1.165) is 22.6 Å². The van der Waals surface area contributed by atoms with Gasteiger partial charge in [-0.05, 0) is 62.4 Å². The lowest BCUT2D eigenvalue weighted by Gasteiger charge is -2.09. The van der Waals surface area contributed by atoms with Crippen LogP contribution in [0.5, 0.6) is 0 Å². The molecule has 1 amide bonds. The zero-order valence-corrected chi connectivity index (χ0v) is 15.1. The monoisotopic (exact) mass is 369 g/mol. The number of aromatic nitrogens is 1. The third kappa shape index (κ3) is 3.83. The highest BCUT2D eigenvalue weighted by molar-refractivity contribution is 6.30. The number of amides is 1. The van der Waals surface area contributed by atoms with Gasteiger partial charge in [-0.15, -0.1) is 0 Å². The van der Waals surface area contributed by atoms with Crippen molar-refractivity contribution in [3.63, 3.8) is 0 Å². The van der Waals surface area contributed by atoms with Crippen molar-refractivity contribution in [2.24, 2.45) is 5.10 Å². The molecule has 26 heavy (non-hydrogen) atoms. The minimum absolute atomic E-state index is 0.276. The van der Waals surface area contributed by atoms with Crippen molar-refractivity contribution in [3.05, 3.63) is 88.0 Å². The first-order chi connectivity index (χ1) is 12.5. The van der Waals surface area contributed by atoms with E-state index >= 15 is 0 Å². The van der Waals surface area contributed by atoms with E-state index in [0.29, 0.717) is 10.6 Å².